The Morgan fingerprint density at radius 1 is 1.00 bits per heavy atom. The van der Waals surface area contributed by atoms with Crippen LogP contribution in [0.4, 0.5) is 0 Å². The first-order chi connectivity index (χ1) is 19.5. The molecular weight excluding hydrogens is 550 g/mol. The Labute approximate surface area is 240 Å². The van der Waals surface area contributed by atoms with Crippen molar-refractivity contribution in [3.63, 3.8) is 0 Å². The number of hydrogen-bond donors (Lipinski definition) is 2. The van der Waals surface area contributed by atoms with Gasteiger partial charge in [-0.3, -0.25) is 30.1 Å². The number of hydrogen-bond acceptors (Lipinski definition) is 8. The summed E-state index contributed by atoms with van der Waals surface area (Å²) >= 11 is 6.59. The number of nitrogens with one attached hydrogen (secondary N) is 2. The van der Waals surface area contributed by atoms with E-state index in [9.17, 15) is 14.4 Å². The predicted octanol–water partition coefficient (Wildman–Crippen LogP) is 4.44. The zero-order valence-electron chi connectivity index (χ0n) is 21.3. The molecule has 3 aromatic carbocycles. The first-order valence-corrected chi connectivity index (χ1v) is 13.7. The van der Waals surface area contributed by atoms with Gasteiger partial charge in [-0.25, -0.2) is 0 Å². The molecule has 11 heteroatoms. The van der Waals surface area contributed by atoms with E-state index in [4.69, 9.17) is 26.4 Å². The Hall–Kier alpha value is -4.35. The lowest BCUT2D eigenvalue weighted by Gasteiger charge is -2.14. The number of thioether (sulfide) groups is 1. The molecule has 0 aliphatic carbocycles. The van der Waals surface area contributed by atoms with E-state index < -0.39 is 5.91 Å². The fourth-order valence-corrected chi connectivity index (χ4v) is 5.26. The molecule has 0 unspecified atom stereocenters. The van der Waals surface area contributed by atoms with Crippen molar-refractivity contribution in [1.29, 1.82) is 0 Å². The van der Waals surface area contributed by atoms with Crippen molar-refractivity contribution in [1.82, 2.24) is 15.8 Å². The van der Waals surface area contributed by atoms with Crippen LogP contribution < -0.4 is 25.1 Å². The van der Waals surface area contributed by atoms with Crippen LogP contribution in [0.5, 0.6) is 17.2 Å². The van der Waals surface area contributed by atoms with Gasteiger partial charge in [0.1, 0.15) is 16.7 Å². The number of benzene rings is 3. The lowest BCUT2D eigenvalue weighted by molar-refractivity contribution is -0.124. The molecular formula is C29H25N3O6S2. The number of fused-ring (bicyclic) bond motifs is 1. The van der Waals surface area contributed by atoms with Crippen LogP contribution in [0, 0.1) is 0 Å². The van der Waals surface area contributed by atoms with E-state index in [1.165, 1.54) is 16.7 Å². The Balaban J connectivity index is 1.04. The van der Waals surface area contributed by atoms with E-state index in [2.05, 4.69) is 10.9 Å². The van der Waals surface area contributed by atoms with Gasteiger partial charge in [0.05, 0.1) is 4.91 Å². The van der Waals surface area contributed by atoms with Crippen LogP contribution in [-0.4, -0.2) is 40.3 Å². The molecule has 9 nitrogen and oxygen atoms in total. The summed E-state index contributed by atoms with van der Waals surface area (Å²) in [6.07, 6.45) is 2.23. The largest absolute Gasteiger partial charge is 0.489 e. The molecule has 0 atom stereocenters. The summed E-state index contributed by atoms with van der Waals surface area (Å²) in [4.78, 5) is 39.5. The molecule has 204 valence electrons. The van der Waals surface area contributed by atoms with Crippen molar-refractivity contribution >= 4 is 52.1 Å². The topological polar surface area (TPSA) is 106 Å². The highest BCUT2D eigenvalue weighted by Gasteiger charge is 2.31. The average Bonchev–Trinajstić information content (AvgIpc) is 3.55. The molecule has 0 spiro atoms. The molecule has 3 amide bonds. The molecule has 2 aliphatic heterocycles. The minimum atomic E-state index is -0.450. The van der Waals surface area contributed by atoms with Crippen molar-refractivity contribution in [2.45, 2.75) is 19.4 Å². The molecule has 1 fully saturated rings. The fraction of sp³-hybridized carbons (Fsp3) is 0.172. The third-order valence-electron chi connectivity index (χ3n) is 6.03. The second-order valence-electron chi connectivity index (χ2n) is 8.85. The molecule has 1 saturated heterocycles. The maximum Gasteiger partial charge on any atom is 0.269 e. The Morgan fingerprint density at radius 2 is 1.77 bits per heavy atom. The normalized spacial score (nSPS) is 14.9. The van der Waals surface area contributed by atoms with Gasteiger partial charge in [-0.05, 0) is 60.0 Å². The number of rotatable bonds is 9. The summed E-state index contributed by atoms with van der Waals surface area (Å²) in [6.45, 7) is 0.886. The van der Waals surface area contributed by atoms with Gasteiger partial charge < -0.3 is 14.2 Å². The molecule has 2 heterocycles. The quantitative estimate of drug-likeness (QED) is 0.219. The molecule has 0 bridgehead atoms. The Bertz CT molecular complexity index is 1460. The monoisotopic (exact) mass is 575 g/mol. The smallest absolute Gasteiger partial charge is 0.269 e. The summed E-state index contributed by atoms with van der Waals surface area (Å²) in [7, 11) is 0. The van der Waals surface area contributed by atoms with E-state index in [0.717, 1.165) is 11.1 Å². The summed E-state index contributed by atoms with van der Waals surface area (Å²) in [5.74, 6) is 0.892. The molecule has 0 aromatic heterocycles. The third-order valence-corrected chi connectivity index (χ3v) is 7.41. The zero-order chi connectivity index (χ0) is 27.9. The maximum atomic E-state index is 12.9. The number of ether oxygens (including phenoxy) is 3. The molecule has 40 heavy (non-hydrogen) atoms. The lowest BCUT2D eigenvalue weighted by atomic mass is 10.2. The Morgan fingerprint density at radius 3 is 2.58 bits per heavy atom. The number of thiocarbonyl (C=S) groups is 1. The van der Waals surface area contributed by atoms with Crippen LogP contribution in [0.15, 0.2) is 77.7 Å². The standard InChI is InChI=1S/C29H25N3O6S2/c33-26(30-31-27(34)21-9-11-22(12-10-21)36-17-19-5-2-1-3-6-19)7-4-14-32-28(35)25(40-29(32)39)16-20-8-13-23-24(15-20)38-18-37-23/h1-3,5-6,8-13,15-16H,4,7,14,17-18H2,(H,30,33)(H,31,34)/b25-16-. The predicted molar refractivity (Wildman–Crippen MR) is 155 cm³/mol. The summed E-state index contributed by atoms with van der Waals surface area (Å²) in [5.41, 5.74) is 7.03. The van der Waals surface area contributed by atoms with Crippen LogP contribution in [0.1, 0.15) is 34.3 Å². The van der Waals surface area contributed by atoms with Crippen LogP contribution in [0.2, 0.25) is 0 Å². The summed E-state index contributed by atoms with van der Waals surface area (Å²) < 4.78 is 16.9. The number of hydrazine groups is 1. The SMILES string of the molecule is O=C(CCCN1C(=O)/C(=C/c2ccc3c(c2)OCO3)SC1=S)NNC(=O)c1ccc(OCc2ccccc2)cc1. The summed E-state index contributed by atoms with van der Waals surface area (Å²) in [6, 6.07) is 21.8. The van der Waals surface area contributed by atoms with Crippen LogP contribution in [0.25, 0.3) is 6.08 Å². The highest BCUT2D eigenvalue weighted by Crippen LogP contribution is 2.36. The van der Waals surface area contributed by atoms with E-state index in [-0.39, 0.29) is 31.6 Å². The third kappa shape index (κ3) is 6.80. The number of amides is 3. The van der Waals surface area contributed by atoms with Gasteiger partial charge in [-0.2, -0.15) is 0 Å². The van der Waals surface area contributed by atoms with Crippen LogP contribution >= 0.6 is 24.0 Å². The second-order valence-corrected chi connectivity index (χ2v) is 10.5. The van der Waals surface area contributed by atoms with E-state index in [1.54, 1.807) is 36.4 Å². The van der Waals surface area contributed by atoms with E-state index in [1.807, 2.05) is 42.5 Å². The van der Waals surface area contributed by atoms with Crippen LogP contribution in [-0.2, 0) is 16.2 Å². The van der Waals surface area contributed by atoms with Gasteiger partial charge in [0.2, 0.25) is 12.7 Å². The highest BCUT2D eigenvalue weighted by molar-refractivity contribution is 8.26. The van der Waals surface area contributed by atoms with Crippen molar-refractivity contribution in [2.24, 2.45) is 0 Å². The average molecular weight is 576 g/mol. The molecule has 3 aromatic rings. The molecule has 2 N–H and O–H groups in total. The summed E-state index contributed by atoms with van der Waals surface area (Å²) in [5, 5.41) is 0. The molecule has 2 aliphatic rings. The lowest BCUT2D eigenvalue weighted by Crippen LogP contribution is -2.41. The fourth-order valence-electron chi connectivity index (χ4n) is 3.95. The Kier molecular flexibility index (Phi) is 8.62. The van der Waals surface area contributed by atoms with E-state index in [0.29, 0.717) is 45.1 Å². The minimum absolute atomic E-state index is 0.102. The van der Waals surface area contributed by atoms with Gasteiger partial charge in [0.25, 0.3) is 11.8 Å². The first kappa shape index (κ1) is 27.2. The van der Waals surface area contributed by atoms with Crippen molar-refractivity contribution in [3.05, 3.63) is 94.4 Å². The number of carbonyl (C=O) groups excluding carboxylic acids is 3. The van der Waals surface area contributed by atoms with Crippen molar-refractivity contribution in [2.75, 3.05) is 13.3 Å². The van der Waals surface area contributed by atoms with Crippen LogP contribution in [0.3, 0.4) is 0 Å². The highest BCUT2D eigenvalue weighted by atomic mass is 32.2. The molecule has 5 rings (SSSR count). The van der Waals surface area contributed by atoms with Gasteiger partial charge in [0, 0.05) is 18.5 Å². The van der Waals surface area contributed by atoms with Gasteiger partial charge in [-0.1, -0.05) is 60.4 Å². The number of nitrogens with zero attached hydrogens (tertiary/aromatic N) is 1. The second kappa shape index (κ2) is 12.7. The van der Waals surface area contributed by atoms with Gasteiger partial charge in [0.15, 0.2) is 11.5 Å². The minimum Gasteiger partial charge on any atom is -0.489 e. The maximum absolute atomic E-state index is 12.9. The van der Waals surface area contributed by atoms with Crippen molar-refractivity contribution < 1.29 is 28.6 Å². The van der Waals surface area contributed by atoms with E-state index >= 15 is 0 Å². The van der Waals surface area contributed by atoms with Gasteiger partial charge in [-0.15, -0.1) is 0 Å². The zero-order valence-corrected chi connectivity index (χ0v) is 22.9. The number of carbonyl (C=O) groups is 3. The first-order valence-electron chi connectivity index (χ1n) is 12.5. The molecule has 0 saturated carbocycles. The van der Waals surface area contributed by atoms with Crippen molar-refractivity contribution in [3.8, 4) is 17.2 Å². The van der Waals surface area contributed by atoms with Gasteiger partial charge >= 0.3 is 0 Å². The molecule has 0 radical (unpaired) electrons.